The molecule has 0 radical (unpaired) electrons. The van der Waals surface area contributed by atoms with Crippen LogP contribution in [0.5, 0.6) is 17.2 Å². The number of rotatable bonds is 1. The fourth-order valence-corrected chi connectivity index (χ4v) is 1.88. The first-order valence-electron chi connectivity index (χ1n) is 6.41. The van der Waals surface area contributed by atoms with Crippen LogP contribution in [0.25, 0.3) is 10.8 Å². The molecule has 0 fully saturated rings. The lowest BCUT2D eigenvalue weighted by molar-refractivity contribution is 0.405. The van der Waals surface area contributed by atoms with Crippen LogP contribution in [0.1, 0.15) is 0 Å². The van der Waals surface area contributed by atoms with Gasteiger partial charge in [-0.25, -0.2) is 0 Å². The molecule has 0 heterocycles. The molecule has 0 spiro atoms. The highest BCUT2D eigenvalue weighted by molar-refractivity contribution is 5.85. The highest BCUT2D eigenvalue weighted by atomic mass is 16.5. The van der Waals surface area contributed by atoms with E-state index in [1.54, 1.807) is 25.3 Å². The lowest BCUT2D eigenvalue weighted by Gasteiger charge is -2.00. The maximum atomic E-state index is 9.17. The number of methoxy groups -OCH3 is 1. The number of ether oxygens (including phenoxy) is 1. The van der Waals surface area contributed by atoms with Crippen LogP contribution >= 0.6 is 0 Å². The Morgan fingerprint density at radius 3 is 1.71 bits per heavy atom. The van der Waals surface area contributed by atoms with Crippen molar-refractivity contribution >= 4 is 16.5 Å². The van der Waals surface area contributed by atoms with Crippen molar-refractivity contribution in [3.8, 4) is 17.2 Å². The molecule has 4 nitrogen and oxygen atoms in total. The van der Waals surface area contributed by atoms with E-state index in [-0.39, 0.29) is 11.5 Å². The maximum absolute atomic E-state index is 9.17. The number of phenolic OH excluding ortho intramolecular Hbond substituents is 2. The summed E-state index contributed by atoms with van der Waals surface area (Å²) in [5.74, 6) is 0.583. The summed E-state index contributed by atoms with van der Waals surface area (Å²) in [6.45, 7) is 0. The summed E-state index contributed by atoms with van der Waals surface area (Å²) in [6.07, 6.45) is 0. The van der Waals surface area contributed by atoms with Gasteiger partial charge in [-0.1, -0.05) is 36.4 Å². The van der Waals surface area contributed by atoms with Gasteiger partial charge in [-0.05, 0) is 35.0 Å². The summed E-state index contributed by atoms with van der Waals surface area (Å²) in [6, 6.07) is 18.0. The molecular formula is C17H17NO3. The lowest BCUT2D eigenvalue weighted by Crippen LogP contribution is -1.89. The number of hydrogen-bond donors (Lipinski definition) is 3. The molecule has 0 aliphatic heterocycles. The molecule has 0 aromatic heterocycles. The number of anilines is 1. The van der Waals surface area contributed by atoms with E-state index in [4.69, 9.17) is 20.7 Å². The molecule has 0 aliphatic rings. The second kappa shape index (κ2) is 6.52. The zero-order valence-corrected chi connectivity index (χ0v) is 11.7. The highest BCUT2D eigenvalue weighted by Gasteiger charge is 1.99. The zero-order valence-electron chi connectivity index (χ0n) is 11.7. The Bertz CT molecular complexity index is 700. The summed E-state index contributed by atoms with van der Waals surface area (Å²) in [7, 11) is 1.60. The molecule has 4 heteroatoms. The predicted molar refractivity (Wildman–Crippen MR) is 84.7 cm³/mol. The van der Waals surface area contributed by atoms with Crippen LogP contribution in [0.3, 0.4) is 0 Å². The van der Waals surface area contributed by atoms with Crippen molar-refractivity contribution in [2.75, 3.05) is 12.8 Å². The Hall–Kier alpha value is -2.88. The Morgan fingerprint density at radius 2 is 1.29 bits per heavy atom. The first kappa shape index (κ1) is 14.5. The monoisotopic (exact) mass is 283 g/mol. The van der Waals surface area contributed by atoms with E-state index in [1.165, 1.54) is 0 Å². The van der Waals surface area contributed by atoms with Crippen LogP contribution in [0, 0.1) is 0 Å². The fraction of sp³-hybridized carbons (Fsp3) is 0.0588. The van der Waals surface area contributed by atoms with E-state index in [2.05, 4.69) is 0 Å². The molecule has 0 atom stereocenters. The van der Waals surface area contributed by atoms with E-state index in [0.29, 0.717) is 5.69 Å². The van der Waals surface area contributed by atoms with E-state index in [1.807, 2.05) is 42.5 Å². The molecule has 0 bridgehead atoms. The third-order valence-corrected chi connectivity index (χ3v) is 2.98. The topological polar surface area (TPSA) is 75.7 Å². The molecule has 0 amide bonds. The van der Waals surface area contributed by atoms with Crippen LogP contribution < -0.4 is 10.5 Å². The largest absolute Gasteiger partial charge is 0.504 e. The lowest BCUT2D eigenvalue weighted by atomic mass is 10.1. The van der Waals surface area contributed by atoms with Gasteiger partial charge in [-0.15, -0.1) is 0 Å². The fourth-order valence-electron chi connectivity index (χ4n) is 1.88. The molecule has 21 heavy (non-hydrogen) atoms. The predicted octanol–water partition coefficient (Wildman–Crippen LogP) is 3.53. The average Bonchev–Trinajstić information content (AvgIpc) is 2.50. The maximum Gasteiger partial charge on any atom is 0.158 e. The summed E-state index contributed by atoms with van der Waals surface area (Å²) in [5, 5.41) is 20.2. The highest BCUT2D eigenvalue weighted by Crippen LogP contribution is 2.29. The molecule has 108 valence electrons. The van der Waals surface area contributed by atoms with E-state index in [0.717, 1.165) is 16.5 Å². The number of fused-ring (bicyclic) bond motifs is 1. The van der Waals surface area contributed by atoms with Crippen LogP contribution in [-0.4, -0.2) is 17.3 Å². The summed E-state index contributed by atoms with van der Waals surface area (Å²) in [4.78, 5) is 0. The zero-order chi connectivity index (χ0) is 15.2. The number of aromatic hydroxyl groups is 2. The molecule has 0 aliphatic carbocycles. The van der Waals surface area contributed by atoms with Crippen molar-refractivity contribution < 1.29 is 14.9 Å². The van der Waals surface area contributed by atoms with Gasteiger partial charge < -0.3 is 20.7 Å². The molecule has 0 saturated heterocycles. The van der Waals surface area contributed by atoms with Crippen molar-refractivity contribution in [3.63, 3.8) is 0 Å². The number of phenols is 2. The number of para-hydroxylation sites is 2. The van der Waals surface area contributed by atoms with Crippen LogP contribution in [0.15, 0.2) is 60.7 Å². The Labute approximate surface area is 123 Å². The van der Waals surface area contributed by atoms with Crippen LogP contribution in [-0.2, 0) is 0 Å². The second-order valence-corrected chi connectivity index (χ2v) is 4.43. The Balaban J connectivity index is 0.000000161. The van der Waals surface area contributed by atoms with Gasteiger partial charge >= 0.3 is 0 Å². The van der Waals surface area contributed by atoms with Crippen molar-refractivity contribution in [2.24, 2.45) is 0 Å². The Kier molecular flexibility index (Phi) is 4.51. The average molecular weight is 283 g/mol. The van der Waals surface area contributed by atoms with Crippen LogP contribution in [0.4, 0.5) is 5.69 Å². The minimum atomic E-state index is -0.0753. The van der Waals surface area contributed by atoms with Gasteiger partial charge in [-0.3, -0.25) is 0 Å². The second-order valence-electron chi connectivity index (χ2n) is 4.43. The summed E-state index contributed by atoms with van der Waals surface area (Å²) in [5.41, 5.74) is 6.19. The third-order valence-electron chi connectivity index (χ3n) is 2.98. The standard InChI is InChI=1S/C10H8O2.C7H9NO/c11-9-5-7-3-1-2-4-8(7)6-10(9)12;1-9-7-5-3-2-4-6(7)8/h1-6,11-12H;2-5H,8H2,1H3. The van der Waals surface area contributed by atoms with Gasteiger partial charge in [0.2, 0.25) is 0 Å². The molecule has 3 rings (SSSR count). The van der Waals surface area contributed by atoms with Gasteiger partial charge in [0.05, 0.1) is 12.8 Å². The van der Waals surface area contributed by atoms with Gasteiger partial charge in [0.1, 0.15) is 5.75 Å². The van der Waals surface area contributed by atoms with Gasteiger partial charge in [0, 0.05) is 0 Å². The molecule has 4 N–H and O–H groups in total. The van der Waals surface area contributed by atoms with Crippen LogP contribution in [0.2, 0.25) is 0 Å². The van der Waals surface area contributed by atoms with Gasteiger partial charge in [0.25, 0.3) is 0 Å². The first-order chi connectivity index (χ1) is 10.1. The first-order valence-corrected chi connectivity index (χ1v) is 6.41. The van der Waals surface area contributed by atoms with Crippen molar-refractivity contribution in [3.05, 3.63) is 60.7 Å². The Morgan fingerprint density at radius 1 is 0.810 bits per heavy atom. The molecular weight excluding hydrogens is 266 g/mol. The minimum Gasteiger partial charge on any atom is -0.504 e. The SMILES string of the molecule is COc1ccccc1N.Oc1cc2ccccc2cc1O. The van der Waals surface area contributed by atoms with E-state index in [9.17, 15) is 0 Å². The number of benzene rings is 3. The molecule has 3 aromatic carbocycles. The third kappa shape index (κ3) is 3.57. The minimum absolute atomic E-state index is 0.0753. The van der Waals surface area contributed by atoms with Gasteiger partial charge in [-0.2, -0.15) is 0 Å². The number of hydrogen-bond acceptors (Lipinski definition) is 4. The molecule has 0 saturated carbocycles. The normalized spacial score (nSPS) is 9.76. The number of nitrogens with two attached hydrogens (primary N) is 1. The van der Waals surface area contributed by atoms with Crippen molar-refractivity contribution in [2.45, 2.75) is 0 Å². The van der Waals surface area contributed by atoms with Gasteiger partial charge in [0.15, 0.2) is 11.5 Å². The van der Waals surface area contributed by atoms with E-state index >= 15 is 0 Å². The molecule has 0 unspecified atom stereocenters. The van der Waals surface area contributed by atoms with E-state index < -0.39 is 0 Å². The quantitative estimate of drug-likeness (QED) is 0.472. The smallest absolute Gasteiger partial charge is 0.158 e. The van der Waals surface area contributed by atoms with Crippen molar-refractivity contribution in [1.82, 2.24) is 0 Å². The molecule has 3 aromatic rings. The van der Waals surface area contributed by atoms with Crippen molar-refractivity contribution in [1.29, 1.82) is 0 Å². The number of nitrogen functional groups attached to an aromatic ring is 1. The summed E-state index contributed by atoms with van der Waals surface area (Å²) < 4.78 is 4.92. The summed E-state index contributed by atoms with van der Waals surface area (Å²) >= 11 is 0.